The maximum atomic E-state index is 12.2. The molecule has 1 aliphatic heterocycles. The molecule has 0 unspecified atom stereocenters. The van der Waals surface area contributed by atoms with Crippen LogP contribution in [0, 0.1) is 18.8 Å². The second-order valence-corrected chi connectivity index (χ2v) is 6.08. The molecule has 2 aromatic rings. The minimum atomic E-state index is -0.0978. The van der Waals surface area contributed by atoms with Crippen LogP contribution in [0.2, 0.25) is 0 Å². The first kappa shape index (κ1) is 14.6. The smallest absolute Gasteiger partial charge is 0.298 e. The van der Waals surface area contributed by atoms with E-state index in [1.54, 1.807) is 11.3 Å². The maximum absolute atomic E-state index is 12.2. The lowest BCUT2D eigenvalue weighted by Gasteiger charge is -2.33. The van der Waals surface area contributed by atoms with Gasteiger partial charge in [0.25, 0.3) is 5.91 Å². The van der Waals surface area contributed by atoms with E-state index in [0.29, 0.717) is 13.1 Å². The summed E-state index contributed by atoms with van der Waals surface area (Å²) >= 11 is 1.63. The predicted octanol–water partition coefficient (Wildman–Crippen LogP) is 2.15. The highest BCUT2D eigenvalue weighted by atomic mass is 32.1. The van der Waals surface area contributed by atoms with Gasteiger partial charge in [-0.25, -0.2) is 4.98 Å². The van der Waals surface area contributed by atoms with Gasteiger partial charge in [0.2, 0.25) is 0 Å². The van der Waals surface area contributed by atoms with Gasteiger partial charge in [-0.1, -0.05) is 23.6 Å². The third kappa shape index (κ3) is 3.46. The van der Waals surface area contributed by atoms with Crippen LogP contribution in [-0.2, 0) is 4.79 Å². The molecule has 22 heavy (non-hydrogen) atoms. The second kappa shape index (κ2) is 6.63. The van der Waals surface area contributed by atoms with Crippen LogP contribution < -0.4 is 4.90 Å². The lowest BCUT2D eigenvalue weighted by Crippen LogP contribution is -2.48. The highest BCUT2D eigenvalue weighted by Crippen LogP contribution is 2.18. The molecule has 1 saturated heterocycles. The third-order valence-electron chi connectivity index (χ3n) is 3.62. The van der Waals surface area contributed by atoms with Crippen LogP contribution in [0.4, 0.5) is 5.13 Å². The summed E-state index contributed by atoms with van der Waals surface area (Å²) in [7, 11) is 0. The van der Waals surface area contributed by atoms with Crippen molar-refractivity contribution < 1.29 is 4.79 Å². The summed E-state index contributed by atoms with van der Waals surface area (Å²) in [6, 6.07) is 7.88. The van der Waals surface area contributed by atoms with E-state index in [0.717, 1.165) is 23.8 Å². The zero-order valence-corrected chi connectivity index (χ0v) is 13.3. The van der Waals surface area contributed by atoms with Gasteiger partial charge in [0.15, 0.2) is 5.13 Å². The fraction of sp³-hybridized carbons (Fsp3) is 0.294. The number of benzene rings is 1. The molecule has 4 nitrogen and oxygen atoms in total. The lowest BCUT2D eigenvalue weighted by atomic mass is 10.1. The Labute approximate surface area is 134 Å². The number of carbonyl (C=O) groups excluding carboxylic acids is 1. The quantitative estimate of drug-likeness (QED) is 0.757. The Balaban J connectivity index is 1.57. The number of aromatic nitrogens is 1. The van der Waals surface area contributed by atoms with Gasteiger partial charge in [0.1, 0.15) is 0 Å². The lowest BCUT2D eigenvalue weighted by molar-refractivity contribution is -0.125. The molecule has 112 valence electrons. The van der Waals surface area contributed by atoms with Gasteiger partial charge in [-0.2, -0.15) is 0 Å². The van der Waals surface area contributed by atoms with Crippen LogP contribution in [-0.4, -0.2) is 42.0 Å². The van der Waals surface area contributed by atoms with Crippen LogP contribution in [0.3, 0.4) is 0 Å². The molecule has 1 aliphatic rings. The Morgan fingerprint density at radius 1 is 1.18 bits per heavy atom. The van der Waals surface area contributed by atoms with Crippen molar-refractivity contribution in [2.24, 2.45) is 0 Å². The molecule has 3 rings (SSSR count). The van der Waals surface area contributed by atoms with E-state index in [4.69, 9.17) is 0 Å². The average Bonchev–Trinajstić information content (AvgIpc) is 3.09. The monoisotopic (exact) mass is 311 g/mol. The average molecular weight is 311 g/mol. The minimum Gasteiger partial charge on any atom is -0.345 e. The molecular formula is C17H17N3OS. The fourth-order valence-corrected chi connectivity index (χ4v) is 3.01. The number of nitrogens with zero attached hydrogens (tertiary/aromatic N) is 3. The summed E-state index contributed by atoms with van der Waals surface area (Å²) in [5.74, 6) is 5.59. The van der Waals surface area contributed by atoms with Crippen molar-refractivity contribution in [2.45, 2.75) is 6.92 Å². The summed E-state index contributed by atoms with van der Waals surface area (Å²) in [4.78, 5) is 20.5. The zero-order chi connectivity index (χ0) is 15.4. The molecule has 0 N–H and O–H groups in total. The van der Waals surface area contributed by atoms with Crippen LogP contribution in [0.25, 0.3) is 0 Å². The molecule has 5 heteroatoms. The first-order valence-corrected chi connectivity index (χ1v) is 8.12. The first-order valence-electron chi connectivity index (χ1n) is 7.24. The number of anilines is 1. The highest BCUT2D eigenvalue weighted by molar-refractivity contribution is 7.13. The summed E-state index contributed by atoms with van der Waals surface area (Å²) in [5, 5.41) is 3.00. The molecule has 0 aliphatic carbocycles. The standard InChI is InChI=1S/C17H17N3OS/c1-14-2-4-15(5-3-14)6-7-16(21)19-9-11-20(12-10-19)17-18-8-13-22-17/h2-5,8,13H,9-12H2,1H3. The molecule has 0 radical (unpaired) electrons. The molecule has 0 saturated carbocycles. The van der Waals surface area contributed by atoms with Crippen LogP contribution in [0.5, 0.6) is 0 Å². The third-order valence-corrected chi connectivity index (χ3v) is 4.45. The Kier molecular flexibility index (Phi) is 4.40. The molecule has 1 aromatic heterocycles. The summed E-state index contributed by atoms with van der Waals surface area (Å²) in [6.45, 7) is 5.04. The SMILES string of the molecule is Cc1ccc(C#CC(=O)N2CCN(c3nccs3)CC2)cc1. The van der Waals surface area contributed by atoms with E-state index in [1.165, 1.54) is 5.56 Å². The number of thiazole rings is 1. The normalized spacial score (nSPS) is 14.4. The van der Waals surface area contributed by atoms with Gasteiger partial charge in [-0.05, 0) is 19.1 Å². The van der Waals surface area contributed by atoms with Crippen molar-refractivity contribution in [3.05, 3.63) is 47.0 Å². The van der Waals surface area contributed by atoms with Gasteiger partial charge in [-0.15, -0.1) is 11.3 Å². The number of hydrogen-bond acceptors (Lipinski definition) is 4. The number of carbonyl (C=O) groups is 1. The highest BCUT2D eigenvalue weighted by Gasteiger charge is 2.21. The minimum absolute atomic E-state index is 0.0978. The van der Waals surface area contributed by atoms with E-state index >= 15 is 0 Å². The fourth-order valence-electron chi connectivity index (χ4n) is 2.31. The summed E-state index contributed by atoms with van der Waals surface area (Å²) in [6.07, 6.45) is 1.81. The van der Waals surface area contributed by atoms with Crippen molar-refractivity contribution in [3.8, 4) is 11.8 Å². The number of rotatable bonds is 1. The molecule has 2 heterocycles. The summed E-state index contributed by atoms with van der Waals surface area (Å²) in [5.41, 5.74) is 2.07. The Hall–Kier alpha value is -2.32. The molecule has 0 bridgehead atoms. The predicted molar refractivity (Wildman–Crippen MR) is 89.0 cm³/mol. The van der Waals surface area contributed by atoms with Gasteiger partial charge in [0, 0.05) is 49.2 Å². The molecular weight excluding hydrogens is 294 g/mol. The van der Waals surface area contributed by atoms with Crippen molar-refractivity contribution in [3.63, 3.8) is 0 Å². The molecule has 0 atom stereocenters. The van der Waals surface area contributed by atoms with Gasteiger partial charge in [-0.3, -0.25) is 4.79 Å². The first-order chi connectivity index (χ1) is 10.7. The van der Waals surface area contributed by atoms with Gasteiger partial charge < -0.3 is 9.80 Å². The molecule has 1 amide bonds. The Bertz CT molecular complexity index is 690. The molecule has 1 aromatic carbocycles. The largest absolute Gasteiger partial charge is 0.345 e. The van der Waals surface area contributed by atoms with E-state index in [9.17, 15) is 4.79 Å². The van der Waals surface area contributed by atoms with Crippen molar-refractivity contribution >= 4 is 22.4 Å². The van der Waals surface area contributed by atoms with Crippen molar-refractivity contribution in [1.82, 2.24) is 9.88 Å². The van der Waals surface area contributed by atoms with Gasteiger partial charge in [0.05, 0.1) is 0 Å². The van der Waals surface area contributed by atoms with Crippen LogP contribution >= 0.6 is 11.3 Å². The van der Waals surface area contributed by atoms with E-state index < -0.39 is 0 Å². The maximum Gasteiger partial charge on any atom is 0.298 e. The van der Waals surface area contributed by atoms with Crippen molar-refractivity contribution in [2.75, 3.05) is 31.1 Å². The Morgan fingerprint density at radius 3 is 2.55 bits per heavy atom. The molecule has 1 fully saturated rings. The number of hydrogen-bond donors (Lipinski definition) is 0. The molecule has 0 spiro atoms. The van der Waals surface area contributed by atoms with Crippen LogP contribution in [0.15, 0.2) is 35.8 Å². The number of aryl methyl sites for hydroxylation is 1. The number of piperazine rings is 1. The summed E-state index contributed by atoms with van der Waals surface area (Å²) < 4.78 is 0. The zero-order valence-electron chi connectivity index (χ0n) is 12.5. The van der Waals surface area contributed by atoms with E-state index in [1.807, 2.05) is 47.7 Å². The van der Waals surface area contributed by atoms with E-state index in [-0.39, 0.29) is 5.91 Å². The Morgan fingerprint density at radius 2 is 1.91 bits per heavy atom. The number of amides is 1. The second-order valence-electron chi connectivity index (χ2n) is 5.21. The van der Waals surface area contributed by atoms with Crippen LogP contribution in [0.1, 0.15) is 11.1 Å². The van der Waals surface area contributed by atoms with E-state index in [2.05, 4.69) is 21.7 Å². The van der Waals surface area contributed by atoms with Crippen molar-refractivity contribution in [1.29, 1.82) is 0 Å². The topological polar surface area (TPSA) is 36.4 Å². The van der Waals surface area contributed by atoms with Gasteiger partial charge >= 0.3 is 0 Å².